The number of hydrogen-bond acceptors (Lipinski definition) is 5. The molecule has 6 heteroatoms. The zero-order valence-corrected chi connectivity index (χ0v) is 13.9. The Morgan fingerprint density at radius 1 is 1.39 bits per heavy atom. The Morgan fingerprint density at radius 2 is 2.26 bits per heavy atom. The fourth-order valence-corrected chi connectivity index (χ4v) is 3.02. The fourth-order valence-electron chi connectivity index (χ4n) is 2.64. The van der Waals surface area contributed by atoms with Crippen molar-refractivity contribution in [1.82, 2.24) is 4.98 Å². The van der Waals surface area contributed by atoms with E-state index in [9.17, 15) is 4.79 Å². The van der Waals surface area contributed by atoms with Gasteiger partial charge in [-0.25, -0.2) is 4.98 Å². The number of nitriles is 1. The summed E-state index contributed by atoms with van der Waals surface area (Å²) in [4.78, 5) is 17.5. The average molecular weight is 372 g/mol. The van der Waals surface area contributed by atoms with E-state index in [0.717, 1.165) is 29.4 Å². The molecular formula is C17H14BrN3O2. The number of anilines is 1. The number of nitrogens with zero attached hydrogens (tertiary/aromatic N) is 3. The number of halogens is 1. The molecule has 0 N–H and O–H groups in total. The summed E-state index contributed by atoms with van der Waals surface area (Å²) in [6.45, 7) is 1.52. The molecule has 0 bridgehead atoms. The molecule has 23 heavy (non-hydrogen) atoms. The van der Waals surface area contributed by atoms with Crippen molar-refractivity contribution in [3.63, 3.8) is 0 Å². The highest BCUT2D eigenvalue weighted by atomic mass is 79.9. The lowest BCUT2D eigenvalue weighted by Crippen LogP contribution is -2.25. The molecule has 0 radical (unpaired) electrons. The minimum Gasteiger partial charge on any atom is -0.472 e. The quantitative estimate of drug-likeness (QED) is 0.772. The van der Waals surface area contributed by atoms with Crippen LogP contribution in [-0.4, -0.2) is 30.5 Å². The molecule has 1 aromatic heterocycles. The number of aromatic nitrogens is 1. The van der Waals surface area contributed by atoms with E-state index in [2.05, 4.69) is 25.8 Å². The molecule has 5 nitrogen and oxygen atoms in total. The maximum Gasteiger partial charge on any atom is 0.213 e. The summed E-state index contributed by atoms with van der Waals surface area (Å²) in [6, 6.07) is 11.1. The van der Waals surface area contributed by atoms with Crippen LogP contribution in [0.25, 0.3) is 0 Å². The van der Waals surface area contributed by atoms with Crippen LogP contribution in [0.5, 0.6) is 5.88 Å². The molecule has 0 amide bonds. The highest BCUT2D eigenvalue weighted by molar-refractivity contribution is 9.10. The Labute approximate surface area is 142 Å². The average Bonchev–Trinajstić information content (AvgIpc) is 3.03. The summed E-state index contributed by atoms with van der Waals surface area (Å²) in [7, 11) is 0. The van der Waals surface area contributed by atoms with Gasteiger partial charge in [0.2, 0.25) is 5.88 Å². The number of aldehydes is 1. The van der Waals surface area contributed by atoms with Crippen molar-refractivity contribution in [2.24, 2.45) is 0 Å². The maximum absolute atomic E-state index is 11.3. The molecule has 0 spiro atoms. The van der Waals surface area contributed by atoms with Gasteiger partial charge < -0.3 is 9.64 Å². The summed E-state index contributed by atoms with van der Waals surface area (Å²) in [5, 5.41) is 8.77. The van der Waals surface area contributed by atoms with Gasteiger partial charge in [-0.3, -0.25) is 4.79 Å². The number of ether oxygens (including phenoxy) is 1. The summed E-state index contributed by atoms with van der Waals surface area (Å²) in [6.07, 6.45) is 3.24. The van der Waals surface area contributed by atoms with Gasteiger partial charge >= 0.3 is 0 Å². The second-order valence-corrected chi connectivity index (χ2v) is 6.21. The van der Waals surface area contributed by atoms with Gasteiger partial charge in [-0.2, -0.15) is 5.26 Å². The molecule has 1 saturated heterocycles. The van der Waals surface area contributed by atoms with Crippen LogP contribution in [-0.2, 0) is 0 Å². The van der Waals surface area contributed by atoms with Gasteiger partial charge in [0, 0.05) is 41.0 Å². The van der Waals surface area contributed by atoms with Crippen LogP contribution >= 0.6 is 15.9 Å². The van der Waals surface area contributed by atoms with E-state index in [1.54, 1.807) is 12.1 Å². The second kappa shape index (κ2) is 6.80. The van der Waals surface area contributed by atoms with Gasteiger partial charge in [0.25, 0.3) is 0 Å². The third-order valence-corrected chi connectivity index (χ3v) is 4.25. The minimum absolute atomic E-state index is 0.0126. The molecule has 3 rings (SSSR count). The summed E-state index contributed by atoms with van der Waals surface area (Å²) in [5.74, 6) is 0.516. The van der Waals surface area contributed by atoms with Crippen LogP contribution in [0, 0.1) is 11.3 Å². The zero-order chi connectivity index (χ0) is 16.2. The topological polar surface area (TPSA) is 66.2 Å². The number of carbonyl (C=O) groups is 1. The van der Waals surface area contributed by atoms with Crippen molar-refractivity contribution in [2.45, 2.75) is 12.5 Å². The van der Waals surface area contributed by atoms with Gasteiger partial charge in [0.05, 0.1) is 12.1 Å². The van der Waals surface area contributed by atoms with E-state index in [4.69, 9.17) is 10.00 Å². The monoisotopic (exact) mass is 371 g/mol. The van der Waals surface area contributed by atoms with Crippen LogP contribution < -0.4 is 9.64 Å². The Kier molecular flexibility index (Phi) is 4.58. The molecular weight excluding hydrogens is 358 g/mol. The van der Waals surface area contributed by atoms with Gasteiger partial charge in [-0.1, -0.05) is 15.9 Å². The lowest BCUT2D eigenvalue weighted by Gasteiger charge is -2.20. The van der Waals surface area contributed by atoms with Crippen molar-refractivity contribution in [3.8, 4) is 11.9 Å². The predicted octanol–water partition coefficient (Wildman–Crippen LogP) is 3.19. The predicted molar refractivity (Wildman–Crippen MR) is 89.7 cm³/mol. The molecule has 116 valence electrons. The number of pyridine rings is 1. The summed E-state index contributed by atoms with van der Waals surface area (Å²) < 4.78 is 6.75. The summed E-state index contributed by atoms with van der Waals surface area (Å²) in [5.41, 5.74) is 2.09. The first kappa shape index (κ1) is 15.5. The fraction of sp³-hybridized carbons (Fsp3) is 0.235. The third kappa shape index (κ3) is 3.51. The van der Waals surface area contributed by atoms with Gasteiger partial charge in [0.15, 0.2) is 6.29 Å². The smallest absolute Gasteiger partial charge is 0.213 e. The zero-order valence-electron chi connectivity index (χ0n) is 12.3. The van der Waals surface area contributed by atoms with Crippen LogP contribution in [0.4, 0.5) is 5.69 Å². The lowest BCUT2D eigenvalue weighted by atomic mass is 10.2. The highest BCUT2D eigenvalue weighted by Crippen LogP contribution is 2.27. The molecule has 0 aliphatic carbocycles. The van der Waals surface area contributed by atoms with Crippen molar-refractivity contribution >= 4 is 27.9 Å². The van der Waals surface area contributed by atoms with Crippen LogP contribution in [0.15, 0.2) is 41.0 Å². The molecule has 1 aromatic carbocycles. The standard InChI is InChI=1S/C17H14BrN3O2/c18-14-2-3-16(13(7-14)11-22)21-6-5-15(10-21)23-17-4-1-12(8-19)9-20-17/h1-4,7,9,11,15H,5-6,10H2. The molecule has 1 fully saturated rings. The lowest BCUT2D eigenvalue weighted by molar-refractivity contribution is 0.112. The van der Waals surface area contributed by atoms with Gasteiger partial charge in [0.1, 0.15) is 12.2 Å². The van der Waals surface area contributed by atoms with E-state index >= 15 is 0 Å². The Bertz CT molecular complexity index is 755. The van der Waals surface area contributed by atoms with Crippen LogP contribution in [0.3, 0.4) is 0 Å². The molecule has 1 unspecified atom stereocenters. The van der Waals surface area contributed by atoms with E-state index < -0.39 is 0 Å². The molecule has 1 atom stereocenters. The summed E-state index contributed by atoms with van der Waals surface area (Å²) >= 11 is 3.38. The van der Waals surface area contributed by atoms with E-state index in [1.807, 2.05) is 24.3 Å². The second-order valence-electron chi connectivity index (χ2n) is 5.29. The first-order valence-corrected chi connectivity index (χ1v) is 8.01. The number of rotatable bonds is 4. The number of carbonyl (C=O) groups excluding carboxylic acids is 1. The van der Waals surface area contributed by atoms with E-state index in [1.165, 1.54) is 6.20 Å². The van der Waals surface area contributed by atoms with Crippen molar-refractivity contribution in [3.05, 3.63) is 52.1 Å². The first-order chi connectivity index (χ1) is 11.2. The minimum atomic E-state index is 0.0126. The normalized spacial score (nSPS) is 16.9. The Balaban J connectivity index is 1.68. The van der Waals surface area contributed by atoms with Crippen molar-refractivity contribution in [2.75, 3.05) is 18.0 Å². The first-order valence-electron chi connectivity index (χ1n) is 7.22. The molecule has 2 aromatic rings. The number of benzene rings is 1. The van der Waals surface area contributed by atoms with Crippen LogP contribution in [0.2, 0.25) is 0 Å². The molecule has 2 heterocycles. The third-order valence-electron chi connectivity index (χ3n) is 3.76. The van der Waals surface area contributed by atoms with E-state index in [-0.39, 0.29) is 6.10 Å². The maximum atomic E-state index is 11.3. The van der Waals surface area contributed by atoms with Crippen LogP contribution in [0.1, 0.15) is 22.3 Å². The highest BCUT2D eigenvalue weighted by Gasteiger charge is 2.26. The van der Waals surface area contributed by atoms with E-state index in [0.29, 0.717) is 23.6 Å². The molecule has 1 aliphatic heterocycles. The molecule has 1 aliphatic rings. The molecule has 0 saturated carbocycles. The van der Waals surface area contributed by atoms with Crippen molar-refractivity contribution < 1.29 is 9.53 Å². The Hall–Kier alpha value is -2.39. The SMILES string of the molecule is N#Cc1ccc(OC2CCN(c3ccc(Br)cc3C=O)C2)nc1. The van der Waals surface area contributed by atoms with Gasteiger partial charge in [-0.15, -0.1) is 0 Å². The van der Waals surface area contributed by atoms with Crippen molar-refractivity contribution in [1.29, 1.82) is 5.26 Å². The van der Waals surface area contributed by atoms with Gasteiger partial charge in [-0.05, 0) is 24.3 Å². The number of hydrogen-bond donors (Lipinski definition) is 0. The Morgan fingerprint density at radius 3 is 2.96 bits per heavy atom. The largest absolute Gasteiger partial charge is 0.472 e.